The van der Waals surface area contributed by atoms with Crippen LogP contribution in [0.5, 0.6) is 0 Å². The van der Waals surface area contributed by atoms with Crippen LogP contribution in [0.4, 0.5) is 9.59 Å². The number of benzene rings is 1. The van der Waals surface area contributed by atoms with Crippen LogP contribution in [0.15, 0.2) is 49.1 Å². The van der Waals surface area contributed by atoms with E-state index in [0.717, 1.165) is 66.6 Å². The molecule has 18 heteroatoms. The van der Waals surface area contributed by atoms with Crippen molar-refractivity contribution < 1.29 is 38.1 Å². The molecule has 2 aliphatic heterocycles. The fraction of sp³-hybridized carbons (Fsp3) is 0.524. The zero-order valence-electron chi connectivity index (χ0n) is 34.6. The number of rotatable bonds is 13. The molecule has 0 radical (unpaired) electrons. The first-order valence-corrected chi connectivity index (χ1v) is 20.4. The van der Waals surface area contributed by atoms with Gasteiger partial charge in [0, 0.05) is 49.8 Å². The Kier molecular flexibility index (Phi) is 11.6. The lowest BCUT2D eigenvalue weighted by Gasteiger charge is -2.37. The average molecular weight is 825 g/mol. The zero-order chi connectivity index (χ0) is 42.2. The SMILES string of the molecule is COC(=O)N[C@H](C(=O)N1[C@@H]2CC[C@H](C2)[C@H]1c1ncc(-c2ccc(-c3ncc(-c4cnc([C@@H]5[C@@H]6CC[C@H](C6)N5C(=O)[C@@H](NC(=O)OC)[C@@H](C)OC)[nH]4)cn3)cc2)[nH]1)[C@@H](C)OC. The molecule has 18 nitrogen and oxygen atoms in total. The molecule has 4 fully saturated rings. The highest BCUT2D eigenvalue weighted by Gasteiger charge is 2.53. The maximum Gasteiger partial charge on any atom is 0.407 e. The topological polar surface area (TPSA) is 219 Å². The minimum absolute atomic E-state index is 0.0429. The van der Waals surface area contributed by atoms with E-state index >= 15 is 0 Å². The Morgan fingerprint density at radius 3 is 1.48 bits per heavy atom. The van der Waals surface area contributed by atoms with Gasteiger partial charge >= 0.3 is 12.2 Å². The number of ether oxygens (including phenoxy) is 4. The van der Waals surface area contributed by atoms with Crippen molar-refractivity contribution in [1.29, 1.82) is 0 Å². The molecule has 3 aromatic heterocycles. The second-order valence-electron chi connectivity index (χ2n) is 16.2. The van der Waals surface area contributed by atoms with Crippen molar-refractivity contribution in [1.82, 2.24) is 50.3 Å². The number of methoxy groups -OCH3 is 4. The number of fused-ring (bicyclic) bond motifs is 4. The largest absolute Gasteiger partial charge is 0.453 e. The van der Waals surface area contributed by atoms with E-state index in [2.05, 4.69) is 30.6 Å². The minimum atomic E-state index is -0.913. The van der Waals surface area contributed by atoms with Crippen LogP contribution >= 0.6 is 0 Å². The van der Waals surface area contributed by atoms with Gasteiger partial charge in [-0.25, -0.2) is 29.5 Å². The molecular formula is C42H52N10O8. The number of piperidine rings is 2. The molecule has 0 unspecified atom stereocenters. The van der Waals surface area contributed by atoms with Gasteiger partial charge in [0.05, 0.1) is 62.3 Å². The van der Waals surface area contributed by atoms with E-state index < -0.39 is 36.5 Å². The number of hydrogen-bond donors (Lipinski definition) is 4. The Bertz CT molecular complexity index is 2040. The van der Waals surface area contributed by atoms with Gasteiger partial charge in [-0.2, -0.15) is 0 Å². The average Bonchev–Trinajstić information content (AvgIpc) is 4.16. The van der Waals surface area contributed by atoms with Crippen molar-refractivity contribution >= 4 is 24.0 Å². The van der Waals surface area contributed by atoms with E-state index in [1.807, 2.05) is 34.1 Å². The minimum Gasteiger partial charge on any atom is -0.453 e. The third-order valence-electron chi connectivity index (χ3n) is 13.0. The summed E-state index contributed by atoms with van der Waals surface area (Å²) in [6.07, 6.45) is 10.0. The van der Waals surface area contributed by atoms with Gasteiger partial charge in [0.1, 0.15) is 23.7 Å². The molecule has 0 spiro atoms. The predicted octanol–water partition coefficient (Wildman–Crippen LogP) is 4.55. The third kappa shape index (κ3) is 7.57. The molecule has 4 N–H and O–H groups in total. The Labute approximate surface area is 347 Å². The first-order chi connectivity index (χ1) is 29.0. The molecule has 4 bridgehead atoms. The van der Waals surface area contributed by atoms with Crippen molar-refractivity contribution in [3.8, 4) is 33.9 Å². The summed E-state index contributed by atoms with van der Waals surface area (Å²) in [5.74, 6) is 1.97. The third-order valence-corrected chi connectivity index (χ3v) is 13.0. The number of amides is 4. The zero-order valence-corrected chi connectivity index (χ0v) is 34.6. The maximum absolute atomic E-state index is 14.0. The number of H-pyrrole nitrogens is 2. The number of alkyl carbamates (subject to hydrolysis) is 2. The summed E-state index contributed by atoms with van der Waals surface area (Å²) in [4.78, 5) is 81.8. The molecular weight excluding hydrogens is 773 g/mol. The highest BCUT2D eigenvalue weighted by Crippen LogP contribution is 2.51. The molecule has 2 aliphatic carbocycles. The summed E-state index contributed by atoms with van der Waals surface area (Å²) in [6.45, 7) is 3.49. The smallest absolute Gasteiger partial charge is 0.407 e. The number of aromatic nitrogens is 6. The predicted molar refractivity (Wildman–Crippen MR) is 216 cm³/mol. The van der Waals surface area contributed by atoms with Crippen LogP contribution in [0.1, 0.15) is 76.1 Å². The Morgan fingerprint density at radius 1 is 0.617 bits per heavy atom. The summed E-state index contributed by atoms with van der Waals surface area (Å²) < 4.78 is 20.5. The lowest BCUT2D eigenvalue weighted by molar-refractivity contribution is -0.142. The highest BCUT2D eigenvalue weighted by atomic mass is 16.5. The first-order valence-electron chi connectivity index (χ1n) is 20.4. The number of aromatic amines is 2. The van der Waals surface area contributed by atoms with Crippen LogP contribution in [0, 0.1) is 11.8 Å². The van der Waals surface area contributed by atoms with E-state index in [0.29, 0.717) is 17.5 Å². The van der Waals surface area contributed by atoms with Gasteiger partial charge in [-0.3, -0.25) is 9.59 Å². The second kappa shape index (κ2) is 17.0. The van der Waals surface area contributed by atoms with Gasteiger partial charge in [-0.15, -0.1) is 0 Å². The molecule has 60 heavy (non-hydrogen) atoms. The van der Waals surface area contributed by atoms with Gasteiger partial charge in [0.15, 0.2) is 5.82 Å². The van der Waals surface area contributed by atoms with Crippen molar-refractivity contribution in [2.24, 2.45) is 11.8 Å². The molecule has 4 aliphatic rings. The second-order valence-corrected chi connectivity index (χ2v) is 16.2. The standard InChI is InChI=1S/C42H52N10O8/c1-21(57-3)32(49-41(55)59-5)39(53)51-28-13-11-25(15-28)34(51)37-45-19-30(47-37)23-7-9-24(10-8-23)36-43-17-27(18-44-36)31-20-46-38(48-31)35-26-12-14-29(16-26)52(35)40(54)33(22(2)58-4)50-42(56)60-6/h7-10,17-22,25-26,28-29,32-35H,11-16H2,1-6H3,(H,45,47)(H,46,48)(H,49,55)(H,50,56)/t21-,22-,25-,26-,28-,29-,32+,33+,34+,35+/m1/s1. The lowest BCUT2D eigenvalue weighted by Crippen LogP contribution is -2.56. The molecule has 2 saturated carbocycles. The maximum atomic E-state index is 14.0. The van der Waals surface area contributed by atoms with Gasteiger partial charge in [0.2, 0.25) is 11.8 Å². The van der Waals surface area contributed by atoms with Crippen molar-refractivity contribution in [2.75, 3.05) is 28.4 Å². The number of likely N-dealkylation sites (tertiary alicyclic amines) is 2. The van der Waals surface area contributed by atoms with E-state index in [4.69, 9.17) is 28.9 Å². The Balaban J connectivity index is 0.953. The normalized spacial score (nSPS) is 24.8. The molecule has 10 atom stereocenters. The van der Waals surface area contributed by atoms with E-state index in [-0.39, 0.29) is 47.8 Å². The summed E-state index contributed by atoms with van der Waals surface area (Å²) in [5, 5.41) is 5.33. The number of carbonyl (C=O) groups is 4. The van der Waals surface area contributed by atoms with Gasteiger partial charge in [-0.05, 0) is 69.8 Å². The number of hydrogen-bond acceptors (Lipinski definition) is 12. The summed E-state index contributed by atoms with van der Waals surface area (Å²) in [6, 6.07) is 5.61. The monoisotopic (exact) mass is 824 g/mol. The summed E-state index contributed by atoms with van der Waals surface area (Å²) >= 11 is 0. The Morgan fingerprint density at radius 2 is 1.05 bits per heavy atom. The molecule has 4 amide bonds. The molecule has 318 valence electrons. The molecule has 4 aromatic rings. The van der Waals surface area contributed by atoms with Crippen LogP contribution in [0.2, 0.25) is 0 Å². The molecule has 8 rings (SSSR count). The van der Waals surface area contributed by atoms with Crippen LogP contribution in [0.25, 0.3) is 33.9 Å². The van der Waals surface area contributed by atoms with Gasteiger partial charge in [-0.1, -0.05) is 24.3 Å². The van der Waals surface area contributed by atoms with Crippen molar-refractivity contribution in [3.05, 3.63) is 60.7 Å². The summed E-state index contributed by atoms with van der Waals surface area (Å²) in [5.41, 5.74) is 4.02. The van der Waals surface area contributed by atoms with Crippen LogP contribution < -0.4 is 10.6 Å². The van der Waals surface area contributed by atoms with Crippen LogP contribution in [-0.2, 0) is 28.5 Å². The van der Waals surface area contributed by atoms with Crippen LogP contribution in [0.3, 0.4) is 0 Å². The number of nitrogens with one attached hydrogen (secondary N) is 4. The summed E-state index contributed by atoms with van der Waals surface area (Å²) in [7, 11) is 5.54. The fourth-order valence-corrected chi connectivity index (χ4v) is 9.72. The van der Waals surface area contributed by atoms with Gasteiger partial charge in [0.25, 0.3) is 0 Å². The first kappa shape index (κ1) is 40.9. The highest BCUT2D eigenvalue weighted by molar-refractivity contribution is 5.88. The van der Waals surface area contributed by atoms with E-state index in [1.165, 1.54) is 28.4 Å². The molecule has 1 aromatic carbocycles. The number of carbonyl (C=O) groups excluding carboxylic acids is 4. The van der Waals surface area contributed by atoms with E-state index in [9.17, 15) is 19.2 Å². The quantitative estimate of drug-likeness (QED) is 0.146. The van der Waals surface area contributed by atoms with E-state index in [1.54, 1.807) is 38.6 Å². The fourth-order valence-electron chi connectivity index (χ4n) is 9.72. The van der Waals surface area contributed by atoms with Crippen molar-refractivity contribution in [3.63, 3.8) is 0 Å². The van der Waals surface area contributed by atoms with Crippen LogP contribution in [-0.4, -0.2) is 129 Å². The molecule has 5 heterocycles. The van der Waals surface area contributed by atoms with Gasteiger partial charge < -0.3 is 49.3 Å². The number of imidazole rings is 2. The lowest BCUT2D eigenvalue weighted by atomic mass is 9.97. The van der Waals surface area contributed by atoms with Crippen molar-refractivity contribution in [2.45, 2.75) is 101 Å². The Hall–Kier alpha value is -5.88. The number of nitrogens with zero attached hydrogens (tertiary/aromatic N) is 6. The molecule has 2 saturated heterocycles.